The molecule has 1 fully saturated rings. The van der Waals surface area contributed by atoms with Crippen molar-refractivity contribution >= 4 is 29.5 Å². The third kappa shape index (κ3) is 8.97. The molecule has 8 heteroatoms. The van der Waals surface area contributed by atoms with Crippen LogP contribution in [0.15, 0.2) is 0 Å². The summed E-state index contributed by atoms with van der Waals surface area (Å²) < 4.78 is 0. The van der Waals surface area contributed by atoms with Crippen LogP contribution >= 0.6 is 11.8 Å². The summed E-state index contributed by atoms with van der Waals surface area (Å²) in [4.78, 5) is 35.6. The van der Waals surface area contributed by atoms with Crippen molar-refractivity contribution in [2.75, 3.05) is 18.6 Å². The van der Waals surface area contributed by atoms with Gasteiger partial charge in [0.05, 0.1) is 12.0 Å². The number of amides is 2. The lowest BCUT2D eigenvalue weighted by Crippen LogP contribution is -2.67. The highest BCUT2D eigenvalue weighted by Crippen LogP contribution is 2.28. The Bertz CT molecular complexity index is 493. The van der Waals surface area contributed by atoms with Crippen molar-refractivity contribution in [2.24, 2.45) is 17.8 Å². The van der Waals surface area contributed by atoms with E-state index in [1.807, 2.05) is 20.1 Å². The van der Waals surface area contributed by atoms with Crippen LogP contribution in [0.1, 0.15) is 52.4 Å². The normalized spacial score (nSPS) is 22.1. The zero-order chi connectivity index (χ0) is 20.4. The van der Waals surface area contributed by atoms with Crippen LogP contribution in [0.25, 0.3) is 0 Å². The number of carbonyl (C=O) groups excluding carboxylic acids is 3. The predicted octanol–water partition coefficient (Wildman–Crippen LogP) is -0.447. The zero-order valence-electron chi connectivity index (χ0n) is 16.8. The van der Waals surface area contributed by atoms with Crippen molar-refractivity contribution in [1.82, 2.24) is 10.6 Å². The van der Waals surface area contributed by atoms with Gasteiger partial charge in [-0.2, -0.15) is 11.8 Å². The summed E-state index contributed by atoms with van der Waals surface area (Å²) in [5.74, 6) is -0.132. The lowest BCUT2D eigenvalue weighted by molar-refractivity contribution is -0.403. The Morgan fingerprint density at radius 2 is 1.81 bits per heavy atom. The Labute approximate surface area is 166 Å². The van der Waals surface area contributed by atoms with E-state index >= 15 is 0 Å². The topological polar surface area (TPSA) is 126 Å². The van der Waals surface area contributed by atoms with Crippen LogP contribution in [0.5, 0.6) is 0 Å². The molecule has 0 aromatic carbocycles. The molecule has 0 aromatic heterocycles. The minimum Gasteiger partial charge on any atom is -0.548 e. The molecule has 0 bridgehead atoms. The SMILES string of the molecule is CSCC[C@H]([NH3+])C(=O)NCC1CCC(C(=O)N[C@@H](CC(C)C)C(=O)[O-])CC1. The molecule has 1 aliphatic carbocycles. The van der Waals surface area contributed by atoms with Gasteiger partial charge in [-0.1, -0.05) is 13.8 Å². The van der Waals surface area contributed by atoms with Crippen LogP contribution in [0.2, 0.25) is 0 Å². The molecule has 0 spiro atoms. The fraction of sp³-hybridized carbons (Fsp3) is 0.842. The van der Waals surface area contributed by atoms with Gasteiger partial charge in [0, 0.05) is 18.9 Å². The van der Waals surface area contributed by atoms with E-state index in [1.165, 1.54) is 0 Å². The minimum atomic E-state index is -1.22. The molecule has 0 aliphatic heterocycles. The number of thioether (sulfide) groups is 1. The first kappa shape index (κ1) is 23.8. The summed E-state index contributed by atoms with van der Waals surface area (Å²) in [7, 11) is 0. The lowest BCUT2D eigenvalue weighted by atomic mass is 9.81. The quantitative estimate of drug-likeness (QED) is 0.432. The number of carboxylic acid groups (broad SMARTS) is 1. The maximum Gasteiger partial charge on any atom is 0.278 e. The number of nitrogens with one attached hydrogen (secondary N) is 2. The van der Waals surface area contributed by atoms with Gasteiger partial charge in [-0.3, -0.25) is 9.59 Å². The summed E-state index contributed by atoms with van der Waals surface area (Å²) in [6, 6.07) is -1.15. The Balaban J connectivity index is 2.35. The standard InChI is InChI=1S/C19H35N3O4S/c1-12(2)10-16(19(25)26)22-17(23)14-6-4-13(5-7-14)11-21-18(24)15(20)8-9-27-3/h12-16H,4-11,20H2,1-3H3,(H,21,24)(H,22,23)(H,25,26)/t13?,14?,15-,16-/m0/s1. The van der Waals surface area contributed by atoms with Gasteiger partial charge in [0.25, 0.3) is 5.91 Å². The second-order valence-corrected chi connectivity index (χ2v) is 8.94. The molecule has 5 N–H and O–H groups in total. The van der Waals surface area contributed by atoms with E-state index in [0.29, 0.717) is 31.7 Å². The maximum absolute atomic E-state index is 12.4. The number of aliphatic carboxylic acids is 1. The molecular weight excluding hydrogens is 366 g/mol. The molecule has 0 heterocycles. The van der Waals surface area contributed by atoms with E-state index in [9.17, 15) is 19.5 Å². The Kier molecular flexibility index (Phi) is 10.8. The molecule has 0 saturated heterocycles. The fourth-order valence-electron chi connectivity index (χ4n) is 3.38. The van der Waals surface area contributed by atoms with Gasteiger partial charge in [-0.25, -0.2) is 0 Å². The molecule has 156 valence electrons. The van der Waals surface area contributed by atoms with Crippen LogP contribution in [-0.2, 0) is 14.4 Å². The highest BCUT2D eigenvalue weighted by molar-refractivity contribution is 7.98. The van der Waals surface area contributed by atoms with E-state index in [4.69, 9.17) is 0 Å². The van der Waals surface area contributed by atoms with Crippen LogP contribution in [-0.4, -0.2) is 48.4 Å². The third-order valence-electron chi connectivity index (χ3n) is 5.13. The molecule has 0 unspecified atom stereocenters. The number of hydrogen-bond donors (Lipinski definition) is 3. The molecule has 27 heavy (non-hydrogen) atoms. The van der Waals surface area contributed by atoms with Crippen LogP contribution in [0.4, 0.5) is 0 Å². The Morgan fingerprint density at radius 1 is 1.19 bits per heavy atom. The molecule has 1 saturated carbocycles. The van der Waals surface area contributed by atoms with Crippen molar-refractivity contribution in [3.05, 3.63) is 0 Å². The van der Waals surface area contributed by atoms with Gasteiger partial charge in [0.2, 0.25) is 5.91 Å². The first-order valence-corrected chi connectivity index (χ1v) is 11.2. The predicted molar refractivity (Wildman–Crippen MR) is 105 cm³/mol. The van der Waals surface area contributed by atoms with E-state index < -0.39 is 12.0 Å². The summed E-state index contributed by atoms with van der Waals surface area (Å²) in [5.41, 5.74) is 3.91. The number of quaternary nitrogens is 1. The monoisotopic (exact) mass is 401 g/mol. The van der Waals surface area contributed by atoms with Crippen molar-refractivity contribution in [3.8, 4) is 0 Å². The van der Waals surface area contributed by atoms with Crippen molar-refractivity contribution < 1.29 is 25.2 Å². The van der Waals surface area contributed by atoms with Crippen molar-refractivity contribution in [2.45, 2.75) is 64.5 Å². The van der Waals surface area contributed by atoms with Crippen molar-refractivity contribution in [3.63, 3.8) is 0 Å². The van der Waals surface area contributed by atoms with E-state index in [1.54, 1.807) is 11.8 Å². The maximum atomic E-state index is 12.4. The van der Waals surface area contributed by atoms with Gasteiger partial charge >= 0.3 is 0 Å². The second kappa shape index (κ2) is 12.2. The fourth-order valence-corrected chi connectivity index (χ4v) is 3.90. The average Bonchev–Trinajstić information content (AvgIpc) is 2.63. The van der Waals surface area contributed by atoms with Gasteiger partial charge in [0.1, 0.15) is 0 Å². The summed E-state index contributed by atoms with van der Waals surface area (Å²) in [6.07, 6.45) is 6.30. The Morgan fingerprint density at radius 3 is 2.33 bits per heavy atom. The number of hydrogen-bond acceptors (Lipinski definition) is 5. The van der Waals surface area contributed by atoms with Gasteiger partial charge < -0.3 is 26.3 Å². The molecular formula is C19H35N3O4S. The first-order chi connectivity index (χ1) is 12.7. The molecule has 0 aromatic rings. The Hall–Kier alpha value is -1.28. The van der Waals surface area contributed by atoms with E-state index in [2.05, 4.69) is 16.4 Å². The third-order valence-corrected chi connectivity index (χ3v) is 5.78. The van der Waals surface area contributed by atoms with Crippen LogP contribution < -0.4 is 21.5 Å². The van der Waals surface area contributed by atoms with Gasteiger partial charge in [-0.05, 0) is 55.9 Å². The van der Waals surface area contributed by atoms with Crippen LogP contribution in [0, 0.1) is 17.8 Å². The number of carboxylic acids is 1. The van der Waals surface area contributed by atoms with E-state index in [-0.39, 0.29) is 29.7 Å². The second-order valence-electron chi connectivity index (χ2n) is 7.95. The summed E-state index contributed by atoms with van der Waals surface area (Å²) in [5, 5.41) is 16.8. The highest BCUT2D eigenvalue weighted by Gasteiger charge is 2.28. The van der Waals surface area contributed by atoms with Crippen LogP contribution in [0.3, 0.4) is 0 Å². The zero-order valence-corrected chi connectivity index (χ0v) is 17.6. The highest BCUT2D eigenvalue weighted by atomic mass is 32.2. The van der Waals surface area contributed by atoms with Gasteiger partial charge in [-0.15, -0.1) is 0 Å². The van der Waals surface area contributed by atoms with Crippen molar-refractivity contribution in [1.29, 1.82) is 0 Å². The molecule has 2 amide bonds. The minimum absolute atomic E-state index is 0.00518. The lowest BCUT2D eigenvalue weighted by Gasteiger charge is -2.30. The molecule has 7 nitrogen and oxygen atoms in total. The number of rotatable bonds is 11. The summed E-state index contributed by atoms with van der Waals surface area (Å²) in [6.45, 7) is 4.45. The molecule has 1 rings (SSSR count). The van der Waals surface area contributed by atoms with E-state index in [0.717, 1.165) is 25.0 Å². The molecule has 0 radical (unpaired) electrons. The summed E-state index contributed by atoms with van der Waals surface area (Å²) >= 11 is 1.71. The average molecular weight is 402 g/mol. The smallest absolute Gasteiger partial charge is 0.278 e. The first-order valence-electron chi connectivity index (χ1n) is 9.85. The molecule has 2 atom stereocenters. The molecule has 1 aliphatic rings. The largest absolute Gasteiger partial charge is 0.548 e. The number of carbonyl (C=O) groups is 3. The van der Waals surface area contributed by atoms with Gasteiger partial charge in [0.15, 0.2) is 6.04 Å².